The van der Waals surface area contributed by atoms with Gasteiger partial charge in [-0.15, -0.1) is 0 Å². The summed E-state index contributed by atoms with van der Waals surface area (Å²) in [5.74, 6) is -0.640. The first kappa shape index (κ1) is 14.7. The lowest BCUT2D eigenvalue weighted by Gasteiger charge is -2.11. The number of alkyl halides is 1. The quantitative estimate of drug-likeness (QED) is 0.482. The van der Waals surface area contributed by atoms with Crippen LogP contribution in [0, 0.1) is 6.92 Å². The maximum Gasteiger partial charge on any atom is 0.320 e. The van der Waals surface area contributed by atoms with E-state index >= 15 is 0 Å². The van der Waals surface area contributed by atoms with Crippen LogP contribution in [0.5, 0.6) is 5.75 Å². The molecule has 6 heteroatoms. The van der Waals surface area contributed by atoms with Gasteiger partial charge in [0.2, 0.25) is 0 Å². The molecule has 0 radical (unpaired) electrons. The van der Waals surface area contributed by atoms with E-state index < -0.39 is 3.92 Å². The molecule has 1 rings (SSSR count). The number of aromatic hydroxyl groups is 1. The molecule has 0 aromatic heterocycles. The summed E-state index contributed by atoms with van der Waals surface area (Å²) in [4.78, 5) is 23.0. The van der Waals surface area contributed by atoms with Crippen molar-refractivity contribution in [2.75, 3.05) is 13.7 Å². The first-order valence-corrected chi connectivity index (χ1v) is 6.50. The number of rotatable bonds is 4. The molecule has 0 fully saturated rings. The Morgan fingerprint density at radius 1 is 1.50 bits per heavy atom. The number of esters is 1. The highest BCUT2D eigenvalue weighted by Crippen LogP contribution is 2.19. The van der Waals surface area contributed by atoms with Gasteiger partial charge in [-0.25, -0.2) is 0 Å². The largest absolute Gasteiger partial charge is 0.508 e. The van der Waals surface area contributed by atoms with E-state index in [2.05, 4.69) is 10.1 Å². The predicted octanol–water partition coefficient (Wildman–Crippen LogP) is 1.41. The Kier molecular flexibility index (Phi) is 5.39. The van der Waals surface area contributed by atoms with Crippen LogP contribution in [0.25, 0.3) is 0 Å². The number of ether oxygens (including phenoxy) is 1. The first-order valence-electron chi connectivity index (χ1n) is 5.26. The van der Waals surface area contributed by atoms with Gasteiger partial charge in [-0.1, -0.05) is 28.7 Å². The van der Waals surface area contributed by atoms with Gasteiger partial charge in [0.25, 0.3) is 5.91 Å². The molecule has 0 bridgehead atoms. The Morgan fingerprint density at radius 2 is 2.17 bits per heavy atom. The molecule has 0 aliphatic heterocycles. The molecule has 0 spiro atoms. The van der Waals surface area contributed by atoms with Gasteiger partial charge in [-0.3, -0.25) is 9.59 Å². The molecule has 1 aromatic rings. The lowest BCUT2D eigenvalue weighted by atomic mass is 10.1. The van der Waals surface area contributed by atoms with Crippen LogP contribution in [0.15, 0.2) is 18.2 Å². The zero-order valence-corrected chi connectivity index (χ0v) is 12.2. The van der Waals surface area contributed by atoms with Crippen LogP contribution in [0.2, 0.25) is 0 Å². The normalized spacial score (nSPS) is 11.7. The number of phenolic OH excluding ortho intramolecular Hbond substituents is 1. The molecule has 1 atom stereocenters. The second kappa shape index (κ2) is 6.58. The van der Waals surface area contributed by atoms with Gasteiger partial charge in [0.1, 0.15) is 9.67 Å². The van der Waals surface area contributed by atoms with E-state index in [1.54, 1.807) is 19.1 Å². The molecular weight excluding hydrogens is 349 g/mol. The predicted molar refractivity (Wildman–Crippen MR) is 75.0 cm³/mol. The number of hydrogen-bond acceptors (Lipinski definition) is 4. The summed E-state index contributed by atoms with van der Waals surface area (Å²) >= 11 is 1.90. The number of carbonyl (C=O) groups is 2. The number of hydrogen-bond donors (Lipinski definition) is 2. The fraction of sp³-hybridized carbons (Fsp3) is 0.333. The van der Waals surface area contributed by atoms with E-state index in [9.17, 15) is 14.7 Å². The highest BCUT2D eigenvalue weighted by Gasteiger charge is 2.17. The maximum absolute atomic E-state index is 11.9. The lowest BCUT2D eigenvalue weighted by molar-refractivity contribution is -0.139. The minimum absolute atomic E-state index is 0.0710. The van der Waals surface area contributed by atoms with Crippen LogP contribution in [-0.4, -0.2) is 34.6 Å². The molecule has 0 saturated heterocycles. The number of nitrogens with one attached hydrogen (secondary N) is 1. The lowest BCUT2D eigenvalue weighted by Crippen LogP contribution is -2.34. The summed E-state index contributed by atoms with van der Waals surface area (Å²) < 4.78 is 4.12. The number of amides is 1. The van der Waals surface area contributed by atoms with Crippen LogP contribution in [0.3, 0.4) is 0 Å². The fourth-order valence-electron chi connectivity index (χ4n) is 1.36. The number of phenols is 1. The van der Waals surface area contributed by atoms with Crippen molar-refractivity contribution < 1.29 is 19.4 Å². The molecule has 0 saturated carbocycles. The second-order valence-corrected chi connectivity index (χ2v) is 5.15. The van der Waals surface area contributed by atoms with Crippen molar-refractivity contribution in [3.63, 3.8) is 0 Å². The zero-order chi connectivity index (χ0) is 13.7. The Labute approximate surface area is 119 Å². The summed E-state index contributed by atoms with van der Waals surface area (Å²) in [5.41, 5.74) is 0.904. The molecule has 5 nitrogen and oxygen atoms in total. The van der Waals surface area contributed by atoms with E-state index in [0.717, 1.165) is 0 Å². The zero-order valence-electron chi connectivity index (χ0n) is 10.1. The minimum Gasteiger partial charge on any atom is -0.508 e. The van der Waals surface area contributed by atoms with Gasteiger partial charge in [-0.05, 0) is 19.1 Å². The number of benzene rings is 1. The smallest absolute Gasteiger partial charge is 0.320 e. The highest BCUT2D eigenvalue weighted by molar-refractivity contribution is 14.1. The van der Waals surface area contributed by atoms with Crippen LogP contribution < -0.4 is 5.32 Å². The van der Waals surface area contributed by atoms with Gasteiger partial charge in [0, 0.05) is 17.7 Å². The number of halogens is 1. The molecule has 1 aromatic carbocycles. The Hall–Kier alpha value is -1.31. The number of carbonyl (C=O) groups excluding carboxylic acids is 2. The second-order valence-electron chi connectivity index (χ2n) is 3.65. The Morgan fingerprint density at radius 3 is 2.78 bits per heavy atom. The van der Waals surface area contributed by atoms with Crippen molar-refractivity contribution in [1.29, 1.82) is 0 Å². The van der Waals surface area contributed by atoms with Crippen molar-refractivity contribution >= 4 is 34.5 Å². The Balaban J connectivity index is 2.66. The summed E-state index contributed by atoms with van der Waals surface area (Å²) in [5, 5.41) is 12.1. The summed E-state index contributed by atoms with van der Waals surface area (Å²) in [6, 6.07) is 4.73. The molecule has 0 aliphatic carbocycles. The number of methoxy groups -OCH3 is 1. The topological polar surface area (TPSA) is 75.6 Å². The summed E-state index contributed by atoms with van der Waals surface area (Å²) in [6.45, 7) is 1.84. The van der Waals surface area contributed by atoms with E-state index in [0.29, 0.717) is 11.1 Å². The molecule has 2 N–H and O–H groups in total. The molecule has 0 aliphatic rings. The van der Waals surface area contributed by atoms with Gasteiger partial charge in [-0.2, -0.15) is 0 Å². The SMILES string of the molecule is COC(=O)C(I)CNC(=O)c1cccc(O)c1C. The van der Waals surface area contributed by atoms with E-state index in [1.807, 2.05) is 22.6 Å². The van der Waals surface area contributed by atoms with Crippen LogP contribution in [-0.2, 0) is 9.53 Å². The summed E-state index contributed by atoms with van der Waals surface area (Å²) in [6.07, 6.45) is 0. The average molecular weight is 363 g/mol. The van der Waals surface area contributed by atoms with Crippen LogP contribution in [0.1, 0.15) is 15.9 Å². The van der Waals surface area contributed by atoms with Gasteiger partial charge < -0.3 is 15.2 Å². The van der Waals surface area contributed by atoms with Crippen molar-refractivity contribution in [3.05, 3.63) is 29.3 Å². The maximum atomic E-state index is 11.9. The summed E-state index contributed by atoms with van der Waals surface area (Å²) in [7, 11) is 1.30. The van der Waals surface area contributed by atoms with Gasteiger partial charge >= 0.3 is 5.97 Å². The Bertz CT molecular complexity index is 461. The van der Waals surface area contributed by atoms with Crippen LogP contribution in [0.4, 0.5) is 0 Å². The van der Waals surface area contributed by atoms with E-state index in [-0.39, 0.29) is 24.2 Å². The molecule has 18 heavy (non-hydrogen) atoms. The molecule has 1 amide bonds. The van der Waals surface area contributed by atoms with Gasteiger partial charge in [0.15, 0.2) is 0 Å². The van der Waals surface area contributed by atoms with E-state index in [4.69, 9.17) is 0 Å². The molecule has 1 unspecified atom stereocenters. The highest BCUT2D eigenvalue weighted by atomic mass is 127. The standard InChI is InChI=1S/C12H14INO4/c1-7-8(4-3-5-10(7)15)11(16)14-6-9(13)12(17)18-2/h3-5,9,15H,6H2,1-2H3,(H,14,16). The third-order valence-corrected chi connectivity index (χ3v) is 3.40. The third kappa shape index (κ3) is 3.59. The van der Waals surface area contributed by atoms with E-state index in [1.165, 1.54) is 13.2 Å². The van der Waals surface area contributed by atoms with Crippen molar-refractivity contribution in [2.45, 2.75) is 10.8 Å². The molecule has 0 heterocycles. The van der Waals surface area contributed by atoms with Crippen molar-refractivity contribution in [2.24, 2.45) is 0 Å². The monoisotopic (exact) mass is 363 g/mol. The van der Waals surface area contributed by atoms with Crippen molar-refractivity contribution in [3.8, 4) is 5.75 Å². The fourth-order valence-corrected chi connectivity index (χ4v) is 1.83. The molecule has 98 valence electrons. The minimum atomic E-state index is -0.436. The third-order valence-electron chi connectivity index (χ3n) is 2.45. The van der Waals surface area contributed by atoms with Crippen LogP contribution >= 0.6 is 22.6 Å². The van der Waals surface area contributed by atoms with Gasteiger partial charge in [0.05, 0.1) is 7.11 Å². The molecular formula is C12H14INO4. The first-order chi connectivity index (χ1) is 8.47. The van der Waals surface area contributed by atoms with Crippen molar-refractivity contribution in [1.82, 2.24) is 5.32 Å². The average Bonchev–Trinajstić information content (AvgIpc) is 2.37.